The summed E-state index contributed by atoms with van der Waals surface area (Å²) in [7, 11) is 0. The van der Waals surface area contributed by atoms with Crippen LogP contribution in [-0.4, -0.2) is 16.0 Å². The minimum absolute atomic E-state index is 1.03. The third-order valence-electron chi connectivity index (χ3n) is 1.57. The Kier molecular flexibility index (Phi) is 1.38. The van der Waals surface area contributed by atoms with Gasteiger partial charge in [-0.15, -0.1) is 16.9 Å². The molecule has 2 rings (SSSR count). The molecule has 0 radical (unpaired) electrons. The number of fused-ring (bicyclic) bond motifs is 1. The number of nitrogens with zero attached hydrogens (tertiary/aromatic N) is 2. The zero-order valence-electron chi connectivity index (χ0n) is 5.79. The van der Waals surface area contributed by atoms with Crippen molar-refractivity contribution in [2.24, 2.45) is 0 Å². The Morgan fingerprint density at radius 3 is 3.30 bits per heavy atom. The van der Waals surface area contributed by atoms with Crippen LogP contribution in [0.4, 0.5) is 0 Å². The number of aromatic nitrogens is 2. The van der Waals surface area contributed by atoms with Gasteiger partial charge >= 0.3 is 0 Å². The van der Waals surface area contributed by atoms with Gasteiger partial charge < -0.3 is 0 Å². The third kappa shape index (κ3) is 0.904. The Hall–Kier alpha value is -0.570. The first-order valence-corrected chi connectivity index (χ1v) is 4.31. The average molecular weight is 152 g/mol. The van der Waals surface area contributed by atoms with E-state index in [2.05, 4.69) is 16.3 Å². The summed E-state index contributed by atoms with van der Waals surface area (Å²) in [5, 5.41) is 9.18. The van der Waals surface area contributed by atoms with E-state index in [1.165, 1.54) is 11.3 Å². The number of hydrogen-bond donors (Lipinski definition) is 0. The molecule has 0 bridgehead atoms. The standard InChI is InChI=1S/C7H8N2S/c1-5-4-6-2-3-10-7(6)9-8-5/h4H,2-3H2,1H3. The lowest BCUT2D eigenvalue weighted by molar-refractivity contribution is 0.871. The maximum Gasteiger partial charge on any atom is 0.122 e. The number of rotatable bonds is 0. The Balaban J connectivity index is 2.52. The van der Waals surface area contributed by atoms with Gasteiger partial charge in [0.1, 0.15) is 5.03 Å². The summed E-state index contributed by atoms with van der Waals surface area (Å²) < 4.78 is 0. The van der Waals surface area contributed by atoms with Crippen LogP contribution in [0.3, 0.4) is 0 Å². The molecule has 0 saturated carbocycles. The zero-order valence-corrected chi connectivity index (χ0v) is 6.61. The molecule has 1 aromatic heterocycles. The number of thioether (sulfide) groups is 1. The van der Waals surface area contributed by atoms with Crippen LogP contribution in [0.25, 0.3) is 0 Å². The first-order valence-electron chi connectivity index (χ1n) is 3.32. The van der Waals surface area contributed by atoms with Crippen LogP contribution < -0.4 is 0 Å². The van der Waals surface area contributed by atoms with Crippen LogP contribution in [0.5, 0.6) is 0 Å². The topological polar surface area (TPSA) is 25.8 Å². The highest BCUT2D eigenvalue weighted by atomic mass is 32.2. The van der Waals surface area contributed by atoms with E-state index < -0.39 is 0 Å². The van der Waals surface area contributed by atoms with Crippen LogP contribution >= 0.6 is 11.8 Å². The second-order valence-electron chi connectivity index (χ2n) is 2.41. The predicted molar refractivity (Wildman–Crippen MR) is 41.2 cm³/mol. The van der Waals surface area contributed by atoms with E-state index in [1.54, 1.807) is 11.8 Å². The largest absolute Gasteiger partial charge is 0.155 e. The second-order valence-corrected chi connectivity index (χ2v) is 3.50. The summed E-state index contributed by atoms with van der Waals surface area (Å²) in [6.45, 7) is 1.98. The van der Waals surface area contributed by atoms with Crippen LogP contribution in [0, 0.1) is 6.92 Å². The van der Waals surface area contributed by atoms with Gasteiger partial charge in [0.25, 0.3) is 0 Å². The van der Waals surface area contributed by atoms with Crippen LogP contribution in [-0.2, 0) is 6.42 Å². The molecule has 0 amide bonds. The zero-order chi connectivity index (χ0) is 6.97. The molecule has 0 aliphatic carbocycles. The third-order valence-corrected chi connectivity index (χ3v) is 2.59. The van der Waals surface area contributed by atoms with Gasteiger partial charge in [-0.25, -0.2) is 0 Å². The Morgan fingerprint density at radius 2 is 2.40 bits per heavy atom. The van der Waals surface area contributed by atoms with Gasteiger partial charge in [-0.1, -0.05) is 0 Å². The lowest BCUT2D eigenvalue weighted by atomic mass is 10.2. The Morgan fingerprint density at radius 1 is 1.50 bits per heavy atom. The van der Waals surface area contributed by atoms with Crippen molar-refractivity contribution in [1.29, 1.82) is 0 Å². The molecule has 0 fully saturated rings. The maximum absolute atomic E-state index is 4.07. The molecule has 1 aromatic rings. The van der Waals surface area contributed by atoms with E-state index in [4.69, 9.17) is 0 Å². The Labute approximate surface area is 64.1 Å². The monoisotopic (exact) mass is 152 g/mol. The fraction of sp³-hybridized carbons (Fsp3) is 0.429. The van der Waals surface area contributed by atoms with Crippen molar-refractivity contribution in [3.05, 3.63) is 17.3 Å². The van der Waals surface area contributed by atoms with Crippen LogP contribution in [0.2, 0.25) is 0 Å². The summed E-state index contributed by atoms with van der Waals surface area (Å²) in [6.07, 6.45) is 1.16. The first kappa shape index (κ1) is 6.16. The molecule has 2 heterocycles. The van der Waals surface area contributed by atoms with E-state index >= 15 is 0 Å². The van der Waals surface area contributed by atoms with Crippen molar-refractivity contribution in [2.45, 2.75) is 18.4 Å². The fourth-order valence-electron chi connectivity index (χ4n) is 1.09. The van der Waals surface area contributed by atoms with E-state index in [9.17, 15) is 0 Å². The molecule has 52 valence electrons. The van der Waals surface area contributed by atoms with Crippen molar-refractivity contribution in [3.63, 3.8) is 0 Å². The van der Waals surface area contributed by atoms with Crippen molar-refractivity contribution >= 4 is 11.8 Å². The molecule has 0 aromatic carbocycles. The molecular formula is C7H8N2S. The van der Waals surface area contributed by atoms with Gasteiger partial charge in [0.2, 0.25) is 0 Å². The molecule has 0 unspecified atom stereocenters. The van der Waals surface area contributed by atoms with Crippen molar-refractivity contribution in [3.8, 4) is 0 Å². The van der Waals surface area contributed by atoms with Gasteiger partial charge in [0.15, 0.2) is 0 Å². The molecule has 3 heteroatoms. The van der Waals surface area contributed by atoms with E-state index in [1.807, 2.05) is 6.92 Å². The molecule has 1 aliphatic rings. The molecule has 0 saturated heterocycles. The predicted octanol–water partition coefficient (Wildman–Crippen LogP) is 1.43. The van der Waals surface area contributed by atoms with Crippen LogP contribution in [0.1, 0.15) is 11.3 Å². The molecule has 0 spiro atoms. The lowest BCUT2D eigenvalue weighted by Crippen LogP contribution is -1.90. The fourth-order valence-corrected chi connectivity index (χ4v) is 2.05. The SMILES string of the molecule is Cc1cc2c(nn1)SCC2. The number of hydrogen-bond acceptors (Lipinski definition) is 3. The van der Waals surface area contributed by atoms with Gasteiger partial charge in [0, 0.05) is 5.75 Å². The van der Waals surface area contributed by atoms with Gasteiger partial charge in [0.05, 0.1) is 5.69 Å². The van der Waals surface area contributed by atoms with E-state index in [0.29, 0.717) is 0 Å². The average Bonchev–Trinajstić information content (AvgIpc) is 2.33. The molecule has 0 atom stereocenters. The number of aryl methyl sites for hydroxylation is 2. The van der Waals surface area contributed by atoms with E-state index in [-0.39, 0.29) is 0 Å². The summed E-state index contributed by atoms with van der Waals surface area (Å²) in [4.78, 5) is 0. The highest BCUT2D eigenvalue weighted by Gasteiger charge is 2.12. The summed E-state index contributed by atoms with van der Waals surface area (Å²) in [5.41, 5.74) is 2.40. The minimum Gasteiger partial charge on any atom is -0.155 e. The van der Waals surface area contributed by atoms with E-state index in [0.717, 1.165) is 17.1 Å². The van der Waals surface area contributed by atoms with Crippen molar-refractivity contribution in [1.82, 2.24) is 10.2 Å². The van der Waals surface area contributed by atoms with Gasteiger partial charge in [-0.3, -0.25) is 0 Å². The van der Waals surface area contributed by atoms with Gasteiger partial charge in [-0.05, 0) is 25.0 Å². The van der Waals surface area contributed by atoms with Crippen LogP contribution in [0.15, 0.2) is 11.1 Å². The minimum atomic E-state index is 1.03. The summed E-state index contributed by atoms with van der Waals surface area (Å²) in [6, 6.07) is 2.13. The highest BCUT2D eigenvalue weighted by Crippen LogP contribution is 2.28. The molecule has 10 heavy (non-hydrogen) atoms. The highest BCUT2D eigenvalue weighted by molar-refractivity contribution is 7.99. The molecule has 2 nitrogen and oxygen atoms in total. The van der Waals surface area contributed by atoms with Crippen molar-refractivity contribution < 1.29 is 0 Å². The molecular weight excluding hydrogens is 144 g/mol. The maximum atomic E-state index is 4.07. The lowest BCUT2D eigenvalue weighted by Gasteiger charge is -1.94. The Bertz CT molecular complexity index is 260. The van der Waals surface area contributed by atoms with Crippen molar-refractivity contribution in [2.75, 3.05) is 5.75 Å². The summed E-state index contributed by atoms with van der Waals surface area (Å²) >= 11 is 1.80. The summed E-state index contributed by atoms with van der Waals surface area (Å²) in [5.74, 6) is 1.17. The molecule has 1 aliphatic heterocycles. The van der Waals surface area contributed by atoms with Gasteiger partial charge in [-0.2, -0.15) is 5.10 Å². The quantitative estimate of drug-likeness (QED) is 0.562. The normalized spacial score (nSPS) is 15.3. The molecule has 0 N–H and O–H groups in total. The second kappa shape index (κ2) is 2.23. The first-order chi connectivity index (χ1) is 4.86. The smallest absolute Gasteiger partial charge is 0.122 e.